The van der Waals surface area contributed by atoms with Crippen LogP contribution in [0.15, 0.2) is 47.5 Å². The van der Waals surface area contributed by atoms with Gasteiger partial charge in [0.25, 0.3) is 0 Å². The van der Waals surface area contributed by atoms with Gasteiger partial charge in [0.05, 0.1) is 17.8 Å². The number of hydrogen-bond acceptors (Lipinski definition) is 5. The van der Waals surface area contributed by atoms with Crippen molar-refractivity contribution in [1.29, 1.82) is 0 Å². The number of Topliss-reactive ketones (excluding diaryl/α,β-unsaturated/α-hetero) is 1. The molecular weight excluding hydrogens is 366 g/mol. The molecule has 0 bridgehead atoms. The molecule has 0 spiro atoms. The maximum absolute atomic E-state index is 13.4. The standard InChI is InChI=1S/C20H23NO5S/c1-14(2)13-27(24,25)16-7-4-6-15(12-16)18(22)20(19(23)26-3)9-11-21-10-5-8-17(20)21/h4-8,10,12,14H,9,11,13H2,1-3H3. The van der Waals surface area contributed by atoms with Crippen LogP contribution in [0.1, 0.15) is 36.3 Å². The number of aromatic nitrogens is 1. The number of ether oxygens (including phenoxy) is 1. The Hall–Kier alpha value is -2.41. The van der Waals surface area contributed by atoms with Crippen LogP contribution in [0.5, 0.6) is 0 Å². The average molecular weight is 389 g/mol. The van der Waals surface area contributed by atoms with Crippen LogP contribution < -0.4 is 0 Å². The van der Waals surface area contributed by atoms with Crippen LogP contribution in [0.3, 0.4) is 0 Å². The maximum atomic E-state index is 13.4. The quantitative estimate of drug-likeness (QED) is 0.431. The highest BCUT2D eigenvalue weighted by Crippen LogP contribution is 2.39. The van der Waals surface area contributed by atoms with E-state index in [1.165, 1.54) is 19.2 Å². The summed E-state index contributed by atoms with van der Waals surface area (Å²) in [5.41, 5.74) is -0.673. The molecule has 0 aliphatic carbocycles. The summed E-state index contributed by atoms with van der Waals surface area (Å²) in [6.07, 6.45) is 2.11. The van der Waals surface area contributed by atoms with Gasteiger partial charge < -0.3 is 9.30 Å². The number of sulfone groups is 1. The van der Waals surface area contributed by atoms with Crippen molar-refractivity contribution in [3.8, 4) is 0 Å². The summed E-state index contributed by atoms with van der Waals surface area (Å²) < 4.78 is 31.9. The molecule has 27 heavy (non-hydrogen) atoms. The van der Waals surface area contributed by atoms with E-state index in [4.69, 9.17) is 4.74 Å². The molecule has 2 aromatic rings. The molecule has 0 saturated heterocycles. The van der Waals surface area contributed by atoms with Crippen molar-refractivity contribution in [2.45, 2.75) is 37.1 Å². The zero-order valence-corrected chi connectivity index (χ0v) is 16.5. The molecule has 1 aliphatic rings. The van der Waals surface area contributed by atoms with Crippen molar-refractivity contribution in [3.63, 3.8) is 0 Å². The Morgan fingerprint density at radius 2 is 1.96 bits per heavy atom. The van der Waals surface area contributed by atoms with Crippen molar-refractivity contribution in [1.82, 2.24) is 4.57 Å². The average Bonchev–Trinajstić information content (AvgIpc) is 3.22. The zero-order chi connectivity index (χ0) is 19.8. The summed E-state index contributed by atoms with van der Waals surface area (Å²) in [7, 11) is -2.25. The van der Waals surface area contributed by atoms with Crippen molar-refractivity contribution in [2.24, 2.45) is 5.92 Å². The largest absolute Gasteiger partial charge is 0.468 e. The van der Waals surface area contributed by atoms with E-state index in [1.807, 2.05) is 24.6 Å². The number of carbonyl (C=O) groups is 2. The van der Waals surface area contributed by atoms with Crippen LogP contribution in [0, 0.1) is 5.92 Å². The summed E-state index contributed by atoms with van der Waals surface area (Å²) in [6, 6.07) is 9.46. The first kappa shape index (κ1) is 19.4. The number of ketones is 1. The predicted octanol–water partition coefficient (Wildman–Crippen LogP) is 2.62. The van der Waals surface area contributed by atoms with Crippen LogP contribution in [0.4, 0.5) is 0 Å². The molecule has 1 aromatic carbocycles. The highest BCUT2D eigenvalue weighted by Gasteiger charge is 2.53. The summed E-state index contributed by atoms with van der Waals surface area (Å²) >= 11 is 0. The minimum Gasteiger partial charge on any atom is -0.468 e. The highest BCUT2D eigenvalue weighted by atomic mass is 32.2. The van der Waals surface area contributed by atoms with Crippen LogP contribution in [-0.2, 0) is 31.3 Å². The number of methoxy groups -OCH3 is 1. The Balaban J connectivity index is 2.08. The van der Waals surface area contributed by atoms with E-state index >= 15 is 0 Å². The van der Waals surface area contributed by atoms with E-state index in [9.17, 15) is 18.0 Å². The molecule has 7 heteroatoms. The fraction of sp³-hybridized carbons (Fsp3) is 0.400. The third-order valence-electron chi connectivity index (χ3n) is 4.92. The molecule has 1 aromatic heterocycles. The number of aryl methyl sites for hydroxylation is 1. The number of rotatable bonds is 6. The molecule has 1 aliphatic heterocycles. The Bertz CT molecular complexity index is 989. The second kappa shape index (κ2) is 6.96. The molecular formula is C20H23NO5S. The number of carbonyl (C=O) groups excluding carboxylic acids is 2. The zero-order valence-electron chi connectivity index (χ0n) is 15.6. The molecule has 3 rings (SSSR count). The van der Waals surface area contributed by atoms with Gasteiger partial charge in [-0.1, -0.05) is 26.0 Å². The van der Waals surface area contributed by atoms with Gasteiger partial charge in [0.1, 0.15) is 0 Å². The third kappa shape index (κ3) is 3.20. The second-order valence-corrected chi connectivity index (χ2v) is 9.30. The van der Waals surface area contributed by atoms with Gasteiger partial charge in [-0.2, -0.15) is 0 Å². The summed E-state index contributed by atoms with van der Waals surface area (Å²) in [5.74, 6) is -1.10. The van der Waals surface area contributed by atoms with Crippen molar-refractivity contribution in [2.75, 3.05) is 12.9 Å². The summed E-state index contributed by atoms with van der Waals surface area (Å²) in [4.78, 5) is 26.2. The Kier molecular flexibility index (Phi) is 4.99. The molecule has 0 radical (unpaired) electrons. The topological polar surface area (TPSA) is 82.4 Å². The normalized spacial score (nSPS) is 19.1. The molecule has 1 atom stereocenters. The maximum Gasteiger partial charge on any atom is 0.325 e. The molecule has 0 saturated carbocycles. The Morgan fingerprint density at radius 3 is 2.63 bits per heavy atom. The smallest absolute Gasteiger partial charge is 0.325 e. The van der Waals surface area contributed by atoms with Gasteiger partial charge in [-0.15, -0.1) is 0 Å². The van der Waals surface area contributed by atoms with Gasteiger partial charge in [0, 0.05) is 24.0 Å². The molecule has 0 amide bonds. The van der Waals surface area contributed by atoms with E-state index in [-0.39, 0.29) is 28.6 Å². The van der Waals surface area contributed by atoms with E-state index in [0.29, 0.717) is 12.2 Å². The molecule has 1 unspecified atom stereocenters. The van der Waals surface area contributed by atoms with Gasteiger partial charge in [-0.3, -0.25) is 9.59 Å². The summed E-state index contributed by atoms with van der Waals surface area (Å²) in [5, 5.41) is 0. The first-order valence-corrected chi connectivity index (χ1v) is 10.5. The molecule has 144 valence electrons. The van der Waals surface area contributed by atoms with Crippen molar-refractivity contribution < 1.29 is 22.7 Å². The number of fused-ring (bicyclic) bond motifs is 1. The van der Waals surface area contributed by atoms with E-state index < -0.39 is 27.0 Å². The number of esters is 1. The Labute approximate surface area is 159 Å². The molecule has 2 heterocycles. The minimum atomic E-state index is -3.51. The van der Waals surface area contributed by atoms with Crippen LogP contribution in [-0.4, -0.2) is 37.6 Å². The summed E-state index contributed by atoms with van der Waals surface area (Å²) in [6.45, 7) is 4.17. The first-order chi connectivity index (χ1) is 12.7. The fourth-order valence-electron chi connectivity index (χ4n) is 3.73. The number of nitrogens with zero attached hydrogens (tertiary/aromatic N) is 1. The van der Waals surface area contributed by atoms with E-state index in [0.717, 1.165) is 0 Å². The van der Waals surface area contributed by atoms with Crippen LogP contribution >= 0.6 is 0 Å². The molecule has 0 fully saturated rings. The third-order valence-corrected chi connectivity index (χ3v) is 7.00. The lowest BCUT2D eigenvalue weighted by Gasteiger charge is -2.24. The molecule has 0 N–H and O–H groups in total. The van der Waals surface area contributed by atoms with Gasteiger partial charge >= 0.3 is 5.97 Å². The van der Waals surface area contributed by atoms with Crippen molar-refractivity contribution in [3.05, 3.63) is 53.9 Å². The first-order valence-electron chi connectivity index (χ1n) is 8.84. The van der Waals surface area contributed by atoms with Crippen LogP contribution in [0.2, 0.25) is 0 Å². The second-order valence-electron chi connectivity index (χ2n) is 7.27. The highest BCUT2D eigenvalue weighted by molar-refractivity contribution is 7.91. The van der Waals surface area contributed by atoms with Crippen molar-refractivity contribution >= 4 is 21.6 Å². The van der Waals surface area contributed by atoms with Gasteiger partial charge in [0.2, 0.25) is 0 Å². The van der Waals surface area contributed by atoms with Gasteiger partial charge in [-0.05, 0) is 36.6 Å². The van der Waals surface area contributed by atoms with E-state index in [2.05, 4.69) is 0 Å². The van der Waals surface area contributed by atoms with Crippen LogP contribution in [0.25, 0.3) is 0 Å². The van der Waals surface area contributed by atoms with E-state index in [1.54, 1.807) is 24.3 Å². The monoisotopic (exact) mass is 389 g/mol. The minimum absolute atomic E-state index is 0.00433. The Morgan fingerprint density at radius 1 is 1.22 bits per heavy atom. The lowest BCUT2D eigenvalue weighted by Crippen LogP contribution is -2.43. The van der Waals surface area contributed by atoms with Gasteiger partial charge in [-0.25, -0.2) is 8.42 Å². The predicted molar refractivity (Wildman–Crippen MR) is 100 cm³/mol. The lowest BCUT2D eigenvalue weighted by molar-refractivity contribution is -0.145. The number of hydrogen-bond donors (Lipinski definition) is 0. The lowest BCUT2D eigenvalue weighted by atomic mass is 9.76. The molecule has 6 nitrogen and oxygen atoms in total. The fourth-order valence-corrected chi connectivity index (χ4v) is 5.39. The SMILES string of the molecule is COC(=O)C1(C(=O)c2cccc(S(=O)(=O)CC(C)C)c2)CCn2cccc21. The number of benzene rings is 1. The van der Waals surface area contributed by atoms with Gasteiger partial charge in [0.15, 0.2) is 21.0 Å².